The van der Waals surface area contributed by atoms with Gasteiger partial charge in [0.2, 0.25) is 0 Å². The van der Waals surface area contributed by atoms with E-state index in [2.05, 4.69) is 36.8 Å². The molecule has 1 nitrogen and oxygen atoms in total. The molecule has 20 heavy (non-hydrogen) atoms. The molecule has 0 aromatic carbocycles. The van der Waals surface area contributed by atoms with Gasteiger partial charge in [0.05, 0.1) is 26.7 Å². The Morgan fingerprint density at radius 2 is 1.05 bits per heavy atom. The van der Waals surface area contributed by atoms with Gasteiger partial charge in [0, 0.05) is 5.33 Å². The first-order valence-electron chi connectivity index (χ1n) is 8.58. The second-order valence-corrected chi connectivity index (χ2v) is 7.10. The molecule has 0 rings (SSSR count). The molecule has 1 unspecified atom stereocenters. The van der Waals surface area contributed by atoms with Crippen molar-refractivity contribution in [3.05, 3.63) is 0 Å². The third kappa shape index (κ3) is 13.7. The lowest BCUT2D eigenvalue weighted by molar-refractivity contribution is -0.910. The van der Waals surface area contributed by atoms with Crippen molar-refractivity contribution in [2.24, 2.45) is 0 Å². The van der Waals surface area contributed by atoms with Crippen molar-refractivity contribution in [3.8, 4) is 0 Å². The van der Waals surface area contributed by atoms with Crippen LogP contribution in [0.15, 0.2) is 0 Å². The van der Waals surface area contributed by atoms with Crippen LogP contribution in [0.3, 0.4) is 0 Å². The van der Waals surface area contributed by atoms with Crippen LogP contribution in [0.1, 0.15) is 78.1 Å². The van der Waals surface area contributed by atoms with Crippen LogP contribution in [0.25, 0.3) is 0 Å². The van der Waals surface area contributed by atoms with E-state index in [1.54, 1.807) is 0 Å². The highest BCUT2D eigenvalue weighted by atomic mass is 79.9. The molecule has 0 bridgehead atoms. The lowest BCUT2D eigenvalue weighted by atomic mass is 10.1. The molecule has 0 amide bonds. The summed E-state index contributed by atoms with van der Waals surface area (Å²) in [7, 11) is 2.49. The number of hydrogen-bond acceptors (Lipinski definition) is 0. The second-order valence-electron chi connectivity index (χ2n) is 6.31. The SMILES string of the molecule is CCCCCCC[N+](C)(CCCCC)CCCCBr.[Cl-]. The van der Waals surface area contributed by atoms with Gasteiger partial charge in [-0.2, -0.15) is 0 Å². The molecule has 0 aliphatic heterocycles. The average Bonchev–Trinajstić information content (AvgIpc) is 2.39. The summed E-state index contributed by atoms with van der Waals surface area (Å²) < 4.78 is 1.32. The highest BCUT2D eigenvalue weighted by molar-refractivity contribution is 9.09. The Morgan fingerprint density at radius 1 is 0.650 bits per heavy atom. The zero-order valence-electron chi connectivity index (χ0n) is 14.1. The topological polar surface area (TPSA) is 0 Å². The summed E-state index contributed by atoms with van der Waals surface area (Å²) >= 11 is 3.56. The molecule has 0 fully saturated rings. The van der Waals surface area contributed by atoms with Gasteiger partial charge < -0.3 is 16.9 Å². The summed E-state index contributed by atoms with van der Waals surface area (Å²) in [4.78, 5) is 0. The Morgan fingerprint density at radius 3 is 1.55 bits per heavy atom. The Labute approximate surface area is 143 Å². The average molecular weight is 371 g/mol. The van der Waals surface area contributed by atoms with Crippen LogP contribution < -0.4 is 12.4 Å². The highest BCUT2D eigenvalue weighted by Crippen LogP contribution is 2.13. The largest absolute Gasteiger partial charge is 1.00 e. The Bertz CT molecular complexity index is 178. The van der Waals surface area contributed by atoms with Crippen molar-refractivity contribution in [2.45, 2.75) is 78.1 Å². The van der Waals surface area contributed by atoms with Gasteiger partial charge in [0.1, 0.15) is 0 Å². The van der Waals surface area contributed by atoms with Gasteiger partial charge in [-0.25, -0.2) is 0 Å². The first kappa shape index (κ1) is 23.0. The minimum atomic E-state index is 0. The van der Waals surface area contributed by atoms with Gasteiger partial charge in [0.15, 0.2) is 0 Å². The lowest BCUT2D eigenvalue weighted by Crippen LogP contribution is -3.00. The minimum absolute atomic E-state index is 0. The van der Waals surface area contributed by atoms with E-state index < -0.39 is 0 Å². The quantitative estimate of drug-likeness (QED) is 0.250. The minimum Gasteiger partial charge on any atom is -1.00 e. The Balaban J connectivity index is 0. The second kappa shape index (κ2) is 16.1. The van der Waals surface area contributed by atoms with E-state index in [0.717, 1.165) is 0 Å². The summed E-state index contributed by atoms with van der Waals surface area (Å²) in [6, 6.07) is 0. The van der Waals surface area contributed by atoms with Crippen molar-refractivity contribution < 1.29 is 16.9 Å². The van der Waals surface area contributed by atoms with Crippen molar-refractivity contribution in [2.75, 3.05) is 32.0 Å². The van der Waals surface area contributed by atoms with E-state index in [1.807, 2.05) is 0 Å². The molecule has 0 aromatic heterocycles. The van der Waals surface area contributed by atoms with Gasteiger partial charge >= 0.3 is 0 Å². The first-order valence-corrected chi connectivity index (χ1v) is 9.70. The van der Waals surface area contributed by atoms with Crippen molar-refractivity contribution >= 4 is 15.9 Å². The maximum absolute atomic E-state index is 3.56. The van der Waals surface area contributed by atoms with E-state index in [9.17, 15) is 0 Å². The fourth-order valence-electron chi connectivity index (χ4n) is 2.76. The molecule has 0 saturated heterocycles. The molecule has 0 aliphatic carbocycles. The molecule has 3 heteroatoms. The summed E-state index contributed by atoms with van der Waals surface area (Å²) in [6.07, 6.45) is 13.9. The van der Waals surface area contributed by atoms with E-state index in [-0.39, 0.29) is 12.4 Å². The van der Waals surface area contributed by atoms with Gasteiger partial charge in [0.25, 0.3) is 0 Å². The van der Waals surface area contributed by atoms with Gasteiger partial charge in [-0.1, -0.05) is 55.5 Å². The molecule has 0 aliphatic rings. The van der Waals surface area contributed by atoms with Crippen LogP contribution >= 0.6 is 15.9 Å². The van der Waals surface area contributed by atoms with E-state index in [0.29, 0.717) is 0 Å². The number of alkyl halides is 1. The van der Waals surface area contributed by atoms with E-state index in [1.165, 1.54) is 93.7 Å². The maximum Gasteiger partial charge on any atom is 0.0784 e. The van der Waals surface area contributed by atoms with Gasteiger partial charge in [-0.15, -0.1) is 0 Å². The van der Waals surface area contributed by atoms with Gasteiger partial charge in [-0.05, 0) is 38.5 Å². The summed E-state index contributed by atoms with van der Waals surface area (Å²) in [6.45, 7) is 8.77. The molecule has 0 aromatic rings. The summed E-state index contributed by atoms with van der Waals surface area (Å²) in [5, 5.41) is 1.17. The molecular formula is C17H37BrClN. The number of rotatable bonds is 14. The van der Waals surface area contributed by atoms with Crippen molar-refractivity contribution in [3.63, 3.8) is 0 Å². The van der Waals surface area contributed by atoms with Crippen molar-refractivity contribution in [1.29, 1.82) is 0 Å². The van der Waals surface area contributed by atoms with Crippen LogP contribution in [0.4, 0.5) is 0 Å². The van der Waals surface area contributed by atoms with Crippen LogP contribution in [0, 0.1) is 0 Å². The fourth-order valence-corrected chi connectivity index (χ4v) is 3.16. The lowest BCUT2D eigenvalue weighted by Gasteiger charge is -2.35. The normalized spacial score (nSPS) is 13.8. The molecule has 0 spiro atoms. The molecule has 124 valence electrons. The standard InChI is InChI=1S/C17H37BrN.ClH/c1-4-6-8-9-12-16-19(3,15-11-7-5-2)17-13-10-14-18;/h4-17H2,1-3H3;1H/q+1;/p-1. The maximum atomic E-state index is 3.56. The third-order valence-corrected chi connectivity index (χ3v) is 4.75. The predicted octanol–water partition coefficient (Wildman–Crippen LogP) is 2.77. The number of hydrogen-bond donors (Lipinski definition) is 0. The van der Waals surface area contributed by atoms with E-state index in [4.69, 9.17) is 0 Å². The summed E-state index contributed by atoms with van der Waals surface area (Å²) in [5.74, 6) is 0. The van der Waals surface area contributed by atoms with Crippen LogP contribution in [0.5, 0.6) is 0 Å². The van der Waals surface area contributed by atoms with Crippen LogP contribution in [-0.4, -0.2) is 36.5 Å². The molecule has 0 heterocycles. The number of nitrogens with zero attached hydrogens (tertiary/aromatic N) is 1. The fraction of sp³-hybridized carbons (Fsp3) is 1.00. The zero-order valence-corrected chi connectivity index (χ0v) is 16.4. The van der Waals surface area contributed by atoms with Crippen LogP contribution in [0.2, 0.25) is 0 Å². The van der Waals surface area contributed by atoms with E-state index >= 15 is 0 Å². The molecule has 0 saturated carbocycles. The van der Waals surface area contributed by atoms with Crippen molar-refractivity contribution in [1.82, 2.24) is 0 Å². The highest BCUT2D eigenvalue weighted by Gasteiger charge is 2.19. The first-order chi connectivity index (χ1) is 9.18. The molecule has 0 radical (unpaired) electrons. The zero-order chi connectivity index (χ0) is 14.4. The molecule has 0 N–H and O–H groups in total. The monoisotopic (exact) mass is 369 g/mol. The molecule has 1 atom stereocenters. The van der Waals surface area contributed by atoms with Gasteiger partial charge in [-0.3, -0.25) is 0 Å². The smallest absolute Gasteiger partial charge is 0.0784 e. The molecular weight excluding hydrogens is 334 g/mol. The third-order valence-electron chi connectivity index (χ3n) is 4.18. The van der Waals surface area contributed by atoms with Crippen LogP contribution in [-0.2, 0) is 0 Å². The Hall–Kier alpha value is 0.730. The number of unbranched alkanes of at least 4 members (excludes halogenated alkanes) is 7. The summed E-state index contributed by atoms with van der Waals surface area (Å²) in [5.41, 5.74) is 0. The number of halogens is 2. The predicted molar refractivity (Wildman–Crippen MR) is 92.1 cm³/mol. The number of quaternary nitrogens is 1. The Kier molecular flexibility index (Phi) is 18.5.